The van der Waals surface area contributed by atoms with Crippen molar-refractivity contribution < 1.29 is 13.2 Å². The van der Waals surface area contributed by atoms with Crippen molar-refractivity contribution in [1.82, 2.24) is 0 Å². The topological polar surface area (TPSA) is 0 Å². The Morgan fingerprint density at radius 3 is 2.04 bits per heavy atom. The van der Waals surface area contributed by atoms with Crippen molar-refractivity contribution in [2.24, 2.45) is 0 Å². The monoisotopic (exact) mass is 347 g/mol. The molecular formula is C20H22F3Si. The first kappa shape index (κ1) is 17.3. The highest BCUT2D eigenvalue weighted by Crippen LogP contribution is 2.36. The largest absolute Gasteiger partial charge is 0.204 e. The van der Waals surface area contributed by atoms with Crippen molar-refractivity contribution in [3.8, 4) is 11.1 Å². The molecule has 0 spiro atoms. The molecule has 0 nitrogen and oxygen atoms in total. The molecule has 1 saturated heterocycles. The van der Waals surface area contributed by atoms with E-state index in [9.17, 15) is 13.2 Å². The zero-order valence-electron chi connectivity index (χ0n) is 13.9. The van der Waals surface area contributed by atoms with E-state index in [1.165, 1.54) is 43.0 Å². The molecular weight excluding hydrogens is 325 g/mol. The fourth-order valence-corrected chi connectivity index (χ4v) is 6.60. The summed E-state index contributed by atoms with van der Waals surface area (Å²) in [6, 6.07) is 14.2. The standard InChI is InChI=1S/C20H22F3Si/c1-2-9-24-10-7-16(8-11-24)14-3-5-15(6-4-14)17-12-18(21)20(23)19(22)13-17/h3-6,12-13,16H,2,7-11H2,1H3. The number of hydrogen-bond acceptors (Lipinski definition) is 0. The summed E-state index contributed by atoms with van der Waals surface area (Å²) >= 11 is 0. The van der Waals surface area contributed by atoms with E-state index in [-0.39, 0.29) is 8.80 Å². The SMILES string of the molecule is CCC[Si]1CCC(c2ccc(-c3cc(F)c(F)c(F)c3)cc2)CC1. The first-order chi connectivity index (χ1) is 11.6. The predicted molar refractivity (Wildman–Crippen MR) is 94.2 cm³/mol. The lowest BCUT2D eigenvalue weighted by Crippen LogP contribution is -2.19. The summed E-state index contributed by atoms with van der Waals surface area (Å²) in [5, 5.41) is 0. The van der Waals surface area contributed by atoms with Crippen LogP contribution in [0.25, 0.3) is 11.1 Å². The molecule has 4 heteroatoms. The van der Waals surface area contributed by atoms with Gasteiger partial charge in [0, 0.05) is 8.80 Å². The molecule has 1 fully saturated rings. The second kappa shape index (κ2) is 7.56. The van der Waals surface area contributed by atoms with Gasteiger partial charge in [-0.2, -0.15) is 0 Å². The molecule has 0 amide bonds. The van der Waals surface area contributed by atoms with Crippen molar-refractivity contribution in [2.75, 3.05) is 0 Å². The lowest BCUT2D eigenvalue weighted by molar-refractivity contribution is 0.448. The van der Waals surface area contributed by atoms with Crippen LogP contribution in [-0.4, -0.2) is 8.80 Å². The maximum Gasteiger partial charge on any atom is 0.194 e. The van der Waals surface area contributed by atoms with Crippen molar-refractivity contribution in [1.29, 1.82) is 0 Å². The van der Waals surface area contributed by atoms with Crippen LogP contribution in [0.2, 0.25) is 18.1 Å². The Balaban J connectivity index is 1.72. The molecule has 24 heavy (non-hydrogen) atoms. The van der Waals surface area contributed by atoms with Gasteiger partial charge in [0.25, 0.3) is 0 Å². The van der Waals surface area contributed by atoms with Crippen LogP contribution in [0.4, 0.5) is 13.2 Å². The number of rotatable bonds is 4. The van der Waals surface area contributed by atoms with Crippen molar-refractivity contribution in [2.45, 2.75) is 50.2 Å². The highest BCUT2D eigenvalue weighted by molar-refractivity contribution is 6.59. The predicted octanol–water partition coefficient (Wildman–Crippen LogP) is 6.55. The molecule has 2 aromatic carbocycles. The summed E-state index contributed by atoms with van der Waals surface area (Å²) in [4.78, 5) is 0. The van der Waals surface area contributed by atoms with Crippen LogP contribution in [0.1, 0.15) is 37.7 Å². The van der Waals surface area contributed by atoms with E-state index in [0.717, 1.165) is 12.1 Å². The van der Waals surface area contributed by atoms with Gasteiger partial charge < -0.3 is 0 Å². The summed E-state index contributed by atoms with van der Waals surface area (Å²) in [6.07, 6.45) is 3.82. The maximum atomic E-state index is 13.4. The molecule has 0 aromatic heterocycles. The molecule has 0 N–H and O–H groups in total. The number of hydrogen-bond donors (Lipinski definition) is 0. The Labute approximate surface area is 143 Å². The Morgan fingerprint density at radius 2 is 1.50 bits per heavy atom. The van der Waals surface area contributed by atoms with E-state index in [1.807, 2.05) is 12.1 Å². The van der Waals surface area contributed by atoms with Crippen LogP contribution < -0.4 is 0 Å². The summed E-state index contributed by atoms with van der Waals surface area (Å²) in [5.74, 6) is -3.10. The minimum Gasteiger partial charge on any atom is -0.204 e. The van der Waals surface area contributed by atoms with Crippen LogP contribution in [0, 0.1) is 17.5 Å². The smallest absolute Gasteiger partial charge is 0.194 e. The summed E-state index contributed by atoms with van der Waals surface area (Å²) in [6.45, 7) is 2.27. The Hall–Kier alpha value is -1.55. The van der Waals surface area contributed by atoms with Gasteiger partial charge in [-0.05, 0) is 47.6 Å². The average molecular weight is 347 g/mol. The van der Waals surface area contributed by atoms with Crippen molar-refractivity contribution in [3.05, 3.63) is 59.4 Å². The normalized spacial score (nSPS) is 16.5. The van der Waals surface area contributed by atoms with E-state index in [0.29, 0.717) is 17.0 Å². The summed E-state index contributed by atoms with van der Waals surface area (Å²) < 4.78 is 39.8. The zero-order chi connectivity index (χ0) is 17.1. The van der Waals surface area contributed by atoms with E-state index < -0.39 is 17.5 Å². The third-order valence-corrected chi connectivity index (χ3v) is 8.19. The van der Waals surface area contributed by atoms with Crippen LogP contribution in [0.15, 0.2) is 36.4 Å². The molecule has 1 radical (unpaired) electrons. The second-order valence-electron chi connectivity index (χ2n) is 6.65. The third-order valence-electron chi connectivity index (χ3n) is 5.00. The van der Waals surface area contributed by atoms with Crippen LogP contribution in [0.5, 0.6) is 0 Å². The third kappa shape index (κ3) is 3.74. The molecule has 0 bridgehead atoms. The minimum atomic E-state index is -1.41. The number of halogens is 3. The number of benzene rings is 2. The molecule has 0 unspecified atom stereocenters. The maximum absolute atomic E-state index is 13.4. The van der Waals surface area contributed by atoms with Crippen LogP contribution >= 0.6 is 0 Å². The van der Waals surface area contributed by atoms with Gasteiger partial charge in [0.15, 0.2) is 17.5 Å². The average Bonchev–Trinajstić information content (AvgIpc) is 2.60. The first-order valence-corrected chi connectivity index (χ1v) is 10.8. The minimum absolute atomic E-state index is 0.121. The second-order valence-corrected chi connectivity index (χ2v) is 9.65. The van der Waals surface area contributed by atoms with E-state index >= 15 is 0 Å². The van der Waals surface area contributed by atoms with Gasteiger partial charge in [0.05, 0.1) is 0 Å². The van der Waals surface area contributed by atoms with Gasteiger partial charge in [-0.1, -0.05) is 55.7 Å². The van der Waals surface area contributed by atoms with Gasteiger partial charge in [0.2, 0.25) is 0 Å². The van der Waals surface area contributed by atoms with Gasteiger partial charge in [-0.15, -0.1) is 0 Å². The van der Waals surface area contributed by atoms with Crippen molar-refractivity contribution in [3.63, 3.8) is 0 Å². The van der Waals surface area contributed by atoms with Gasteiger partial charge >= 0.3 is 0 Å². The van der Waals surface area contributed by atoms with Crippen molar-refractivity contribution >= 4 is 8.80 Å². The van der Waals surface area contributed by atoms with Crippen LogP contribution in [0.3, 0.4) is 0 Å². The van der Waals surface area contributed by atoms with E-state index in [2.05, 4.69) is 19.1 Å². The molecule has 1 heterocycles. The van der Waals surface area contributed by atoms with Crippen LogP contribution in [-0.2, 0) is 0 Å². The fraction of sp³-hybridized carbons (Fsp3) is 0.400. The molecule has 1 aliphatic heterocycles. The fourth-order valence-electron chi connectivity index (χ4n) is 3.63. The molecule has 0 atom stereocenters. The van der Waals surface area contributed by atoms with Gasteiger partial charge in [-0.25, -0.2) is 13.2 Å². The molecule has 3 rings (SSSR count). The van der Waals surface area contributed by atoms with E-state index in [4.69, 9.17) is 0 Å². The molecule has 1 aliphatic rings. The molecule has 2 aromatic rings. The summed E-state index contributed by atoms with van der Waals surface area (Å²) in [5.41, 5.74) is 2.39. The first-order valence-electron chi connectivity index (χ1n) is 8.67. The zero-order valence-corrected chi connectivity index (χ0v) is 14.9. The Kier molecular flexibility index (Phi) is 5.44. The summed E-state index contributed by atoms with van der Waals surface area (Å²) in [7, 11) is -0.121. The lowest BCUT2D eigenvalue weighted by Gasteiger charge is -2.27. The lowest BCUT2D eigenvalue weighted by atomic mass is 9.92. The van der Waals surface area contributed by atoms with Gasteiger partial charge in [0.1, 0.15) is 0 Å². The highest BCUT2D eigenvalue weighted by Gasteiger charge is 2.23. The quantitative estimate of drug-likeness (QED) is 0.434. The van der Waals surface area contributed by atoms with E-state index in [1.54, 1.807) is 0 Å². The molecule has 0 saturated carbocycles. The highest BCUT2D eigenvalue weighted by atomic mass is 28.3. The molecule has 127 valence electrons. The Morgan fingerprint density at radius 1 is 0.917 bits per heavy atom. The van der Waals surface area contributed by atoms with Gasteiger partial charge in [-0.3, -0.25) is 0 Å². The Bertz CT molecular complexity index is 666. The molecule has 0 aliphatic carbocycles.